The van der Waals surface area contributed by atoms with Crippen LogP contribution >= 0.6 is 11.3 Å². The van der Waals surface area contributed by atoms with E-state index in [9.17, 15) is 35.1 Å². The van der Waals surface area contributed by atoms with Gasteiger partial charge in [0, 0.05) is 23.0 Å². The molecule has 228 valence electrons. The fourth-order valence-electron chi connectivity index (χ4n) is 5.01. The first-order chi connectivity index (χ1) is 19.7. The fourth-order valence-corrected chi connectivity index (χ4v) is 5.95. The lowest BCUT2D eigenvalue weighted by atomic mass is 10.0. The van der Waals surface area contributed by atoms with Crippen LogP contribution in [0.3, 0.4) is 0 Å². The predicted octanol–water partition coefficient (Wildman–Crippen LogP) is 2.47. The van der Waals surface area contributed by atoms with Crippen molar-refractivity contribution in [3.05, 3.63) is 51.7 Å². The Labute approximate surface area is 244 Å². The Morgan fingerprint density at radius 3 is 2.39 bits per heavy atom. The van der Waals surface area contributed by atoms with Gasteiger partial charge in [-0.1, -0.05) is 38.3 Å². The lowest BCUT2D eigenvalue weighted by Gasteiger charge is -2.25. The predicted molar refractivity (Wildman–Crippen MR) is 155 cm³/mol. The van der Waals surface area contributed by atoms with Gasteiger partial charge in [-0.05, 0) is 61.9 Å². The molecule has 2 aromatic rings. The number of nitrogens with zero attached hydrogens (tertiary/aromatic N) is 1. The molecule has 1 aromatic heterocycles. The summed E-state index contributed by atoms with van der Waals surface area (Å²) in [5, 5.41) is 58.1. The van der Waals surface area contributed by atoms with Crippen LogP contribution in [0, 0.1) is 0 Å². The van der Waals surface area contributed by atoms with E-state index in [1.54, 1.807) is 6.07 Å². The molecule has 1 aromatic carbocycles. The van der Waals surface area contributed by atoms with E-state index in [0.29, 0.717) is 17.7 Å². The minimum absolute atomic E-state index is 0.0832. The zero-order valence-electron chi connectivity index (χ0n) is 23.5. The average molecular weight is 594 g/mol. The van der Waals surface area contributed by atoms with Crippen LogP contribution in [0.5, 0.6) is 0 Å². The third kappa shape index (κ3) is 9.31. The van der Waals surface area contributed by atoms with Crippen LogP contribution in [-0.2, 0) is 16.0 Å². The standard InChI is InChI=1S/C30H43NO9S/c1-2-3-4-8-23(33)19-9-11-21(12-10-19)31-20(13-16-27(31)36)6-5-7-22-14-15-26(41-22)30(39)40-18-25(35)29(38)28(37)24(34)17-32/h9-12,14-15,20,23-25,28-29,32-35,37-38H,2-8,13,16-18H2,1H3/t20-,23-,24-,25+,28-,29+/m0/s1. The molecule has 3 rings (SSSR count). The molecular weight excluding hydrogens is 550 g/mol. The maximum Gasteiger partial charge on any atom is 0.348 e. The van der Waals surface area contributed by atoms with E-state index >= 15 is 0 Å². The molecule has 1 fully saturated rings. The van der Waals surface area contributed by atoms with Gasteiger partial charge in [0.05, 0.1) is 12.7 Å². The summed E-state index contributed by atoms with van der Waals surface area (Å²) in [4.78, 5) is 28.2. The number of carbonyl (C=O) groups is 2. The van der Waals surface area contributed by atoms with Crippen LogP contribution in [0.4, 0.5) is 5.69 Å². The number of carbonyl (C=O) groups excluding carboxylic acids is 2. The molecular formula is C30H43NO9S. The van der Waals surface area contributed by atoms with Crippen LogP contribution in [0.1, 0.15) is 84.5 Å². The summed E-state index contributed by atoms with van der Waals surface area (Å²) in [6.45, 7) is 0.745. The number of benzene rings is 1. The second-order valence-corrected chi connectivity index (χ2v) is 11.8. The van der Waals surface area contributed by atoms with E-state index in [2.05, 4.69) is 6.92 Å². The summed E-state index contributed by atoms with van der Waals surface area (Å²) in [6, 6.07) is 11.2. The van der Waals surface area contributed by atoms with E-state index in [1.807, 2.05) is 35.2 Å². The van der Waals surface area contributed by atoms with Crippen molar-refractivity contribution < 1.29 is 45.0 Å². The first-order valence-corrected chi connectivity index (χ1v) is 15.2. The SMILES string of the molecule is CCCCC[C@H](O)c1ccc(N2C(=O)CC[C@@H]2CCCc2ccc(C(=O)OC[C@@H](O)[C@@H](O)[C@@H](O)[C@@H](O)CO)s2)cc1. The third-order valence-electron chi connectivity index (χ3n) is 7.50. The summed E-state index contributed by atoms with van der Waals surface area (Å²) in [5.41, 5.74) is 1.71. The maximum atomic E-state index is 12.7. The maximum absolute atomic E-state index is 12.7. The van der Waals surface area contributed by atoms with Gasteiger partial charge in [0.2, 0.25) is 5.91 Å². The number of rotatable bonds is 17. The highest BCUT2D eigenvalue weighted by Gasteiger charge is 2.32. The summed E-state index contributed by atoms with van der Waals surface area (Å²) in [7, 11) is 0. The number of esters is 1. The number of aliphatic hydroxyl groups is 6. The summed E-state index contributed by atoms with van der Waals surface area (Å²) < 4.78 is 5.04. The molecule has 11 heteroatoms. The molecule has 0 bridgehead atoms. The monoisotopic (exact) mass is 593 g/mol. The number of thiophene rings is 1. The molecule has 1 amide bonds. The zero-order chi connectivity index (χ0) is 29.9. The molecule has 1 aliphatic heterocycles. The second-order valence-electron chi connectivity index (χ2n) is 10.6. The molecule has 2 heterocycles. The van der Waals surface area contributed by atoms with Crippen LogP contribution < -0.4 is 4.90 Å². The van der Waals surface area contributed by atoms with Crippen LogP contribution in [-0.4, -0.2) is 86.2 Å². The molecule has 0 radical (unpaired) electrons. The molecule has 1 saturated heterocycles. The topological polar surface area (TPSA) is 168 Å². The van der Waals surface area contributed by atoms with Crippen LogP contribution in [0.15, 0.2) is 36.4 Å². The molecule has 0 spiro atoms. The Morgan fingerprint density at radius 2 is 1.71 bits per heavy atom. The second kappa shape index (κ2) is 16.3. The van der Waals surface area contributed by atoms with Crippen molar-refractivity contribution in [1.82, 2.24) is 0 Å². The zero-order valence-corrected chi connectivity index (χ0v) is 24.3. The Balaban J connectivity index is 1.47. The van der Waals surface area contributed by atoms with Crippen molar-refractivity contribution in [1.29, 1.82) is 0 Å². The minimum Gasteiger partial charge on any atom is -0.459 e. The molecule has 1 aliphatic rings. The number of anilines is 1. The largest absolute Gasteiger partial charge is 0.459 e. The normalized spacial score (nSPS) is 19.1. The highest BCUT2D eigenvalue weighted by atomic mass is 32.1. The van der Waals surface area contributed by atoms with Crippen LogP contribution in [0.25, 0.3) is 0 Å². The van der Waals surface area contributed by atoms with Gasteiger partial charge in [-0.2, -0.15) is 0 Å². The van der Waals surface area contributed by atoms with Gasteiger partial charge in [0.15, 0.2) is 0 Å². The Hall–Kier alpha value is -2.38. The fraction of sp³-hybridized carbons (Fsp3) is 0.600. The minimum atomic E-state index is -1.80. The summed E-state index contributed by atoms with van der Waals surface area (Å²) in [5.74, 6) is -0.589. The smallest absolute Gasteiger partial charge is 0.348 e. The Morgan fingerprint density at radius 1 is 1.00 bits per heavy atom. The Bertz CT molecular complexity index is 1090. The van der Waals surface area contributed by atoms with Gasteiger partial charge >= 0.3 is 5.97 Å². The van der Waals surface area contributed by atoms with Crippen LogP contribution in [0.2, 0.25) is 0 Å². The van der Waals surface area contributed by atoms with E-state index in [-0.39, 0.29) is 11.9 Å². The highest BCUT2D eigenvalue weighted by molar-refractivity contribution is 7.13. The average Bonchev–Trinajstić information content (AvgIpc) is 3.61. The van der Waals surface area contributed by atoms with E-state index in [0.717, 1.165) is 61.1 Å². The molecule has 6 atom stereocenters. The highest BCUT2D eigenvalue weighted by Crippen LogP contribution is 2.31. The Kier molecular flexibility index (Phi) is 13.2. The molecule has 0 unspecified atom stereocenters. The van der Waals surface area contributed by atoms with E-state index < -0.39 is 49.7 Å². The number of unbranched alkanes of at least 4 members (excludes halogenated alkanes) is 2. The van der Waals surface area contributed by atoms with Gasteiger partial charge in [-0.25, -0.2) is 4.79 Å². The van der Waals surface area contributed by atoms with Crippen molar-refractivity contribution in [3.63, 3.8) is 0 Å². The number of hydrogen-bond acceptors (Lipinski definition) is 10. The number of hydrogen-bond donors (Lipinski definition) is 6. The van der Waals surface area contributed by atoms with E-state index in [4.69, 9.17) is 9.84 Å². The lowest BCUT2D eigenvalue weighted by Crippen LogP contribution is -2.47. The van der Waals surface area contributed by atoms with Crippen molar-refractivity contribution in [3.8, 4) is 0 Å². The molecule has 0 aliphatic carbocycles. The van der Waals surface area contributed by atoms with Crippen molar-refractivity contribution in [2.24, 2.45) is 0 Å². The van der Waals surface area contributed by atoms with Gasteiger partial charge < -0.3 is 40.3 Å². The summed E-state index contributed by atoms with van der Waals surface area (Å²) >= 11 is 1.26. The van der Waals surface area contributed by atoms with Gasteiger partial charge in [-0.15, -0.1) is 11.3 Å². The quantitative estimate of drug-likeness (QED) is 0.119. The number of aliphatic hydroxyl groups excluding tert-OH is 6. The van der Waals surface area contributed by atoms with E-state index in [1.165, 1.54) is 11.3 Å². The van der Waals surface area contributed by atoms with Crippen molar-refractivity contribution >= 4 is 28.9 Å². The number of amides is 1. The number of ether oxygens (including phenoxy) is 1. The van der Waals surface area contributed by atoms with Crippen molar-refractivity contribution in [2.75, 3.05) is 18.1 Å². The first kappa shape index (κ1) is 33.1. The molecule has 10 nitrogen and oxygen atoms in total. The van der Waals surface area contributed by atoms with Gasteiger partial charge in [0.1, 0.15) is 35.9 Å². The molecule has 6 N–H and O–H groups in total. The van der Waals surface area contributed by atoms with Gasteiger partial charge in [-0.3, -0.25) is 4.79 Å². The molecule has 41 heavy (non-hydrogen) atoms. The first-order valence-electron chi connectivity index (χ1n) is 14.3. The summed E-state index contributed by atoms with van der Waals surface area (Å²) in [6.07, 6.45) is 0.152. The van der Waals surface area contributed by atoms with Gasteiger partial charge in [0.25, 0.3) is 0 Å². The lowest BCUT2D eigenvalue weighted by molar-refractivity contribution is -0.124. The molecule has 0 saturated carbocycles. The van der Waals surface area contributed by atoms with Crippen molar-refractivity contribution in [2.45, 2.75) is 101 Å². The third-order valence-corrected chi connectivity index (χ3v) is 8.62. The number of aryl methyl sites for hydroxylation is 1.